The van der Waals surface area contributed by atoms with Crippen LogP contribution in [0.2, 0.25) is 0 Å². The summed E-state index contributed by atoms with van der Waals surface area (Å²) in [6.45, 7) is 0.153. The summed E-state index contributed by atoms with van der Waals surface area (Å²) in [6, 6.07) is 11.2. The molecule has 4 aromatic rings. The summed E-state index contributed by atoms with van der Waals surface area (Å²) in [5, 5.41) is 3.90. The number of rotatable bonds is 6. The lowest BCUT2D eigenvalue weighted by Crippen LogP contribution is -2.08. The van der Waals surface area contributed by atoms with E-state index in [1.165, 1.54) is 18.3 Å². The van der Waals surface area contributed by atoms with E-state index in [2.05, 4.69) is 9.97 Å². The van der Waals surface area contributed by atoms with Gasteiger partial charge < -0.3 is 9.15 Å². The molecule has 7 heteroatoms. The van der Waals surface area contributed by atoms with Gasteiger partial charge in [0, 0.05) is 35.3 Å². The molecule has 0 spiro atoms. The third kappa shape index (κ3) is 3.99. The number of oxazole rings is 1. The molecule has 0 unspecified atom stereocenters. The summed E-state index contributed by atoms with van der Waals surface area (Å²) >= 11 is 1.55. The first-order chi connectivity index (χ1) is 13.7. The third-order valence-electron chi connectivity index (χ3n) is 4.04. The van der Waals surface area contributed by atoms with Gasteiger partial charge in [0.15, 0.2) is 5.76 Å². The zero-order chi connectivity index (χ0) is 19.3. The quantitative estimate of drug-likeness (QED) is 0.431. The summed E-state index contributed by atoms with van der Waals surface area (Å²) in [5.41, 5.74) is 2.65. The second kappa shape index (κ2) is 8.14. The SMILES string of the molecule is O=C(OCCc1nc(-c2ccc(F)cc2)oc1-c1ccsc1)c1cccnc1. The molecule has 28 heavy (non-hydrogen) atoms. The number of pyridine rings is 1. The van der Waals surface area contributed by atoms with E-state index in [-0.39, 0.29) is 12.4 Å². The zero-order valence-corrected chi connectivity index (χ0v) is 15.5. The second-order valence-corrected chi connectivity index (χ2v) is 6.72. The van der Waals surface area contributed by atoms with Crippen LogP contribution in [0.3, 0.4) is 0 Å². The minimum absolute atomic E-state index is 0.153. The zero-order valence-electron chi connectivity index (χ0n) is 14.7. The summed E-state index contributed by atoms with van der Waals surface area (Å²) < 4.78 is 24.5. The number of carbonyl (C=O) groups excluding carboxylic acids is 1. The van der Waals surface area contributed by atoms with Gasteiger partial charge in [-0.25, -0.2) is 14.2 Å². The highest BCUT2D eigenvalue weighted by atomic mass is 32.1. The van der Waals surface area contributed by atoms with Gasteiger partial charge in [-0.15, -0.1) is 0 Å². The Labute approximate surface area is 164 Å². The largest absolute Gasteiger partial charge is 0.462 e. The normalized spacial score (nSPS) is 10.8. The van der Waals surface area contributed by atoms with Crippen LogP contribution in [0, 0.1) is 5.82 Å². The van der Waals surface area contributed by atoms with Gasteiger partial charge in [0.2, 0.25) is 5.89 Å². The first-order valence-corrected chi connectivity index (χ1v) is 9.50. The van der Waals surface area contributed by atoms with Crippen molar-refractivity contribution in [2.75, 3.05) is 6.61 Å². The van der Waals surface area contributed by atoms with Crippen LogP contribution in [0.1, 0.15) is 16.1 Å². The van der Waals surface area contributed by atoms with E-state index < -0.39 is 5.97 Å². The van der Waals surface area contributed by atoms with Crippen LogP contribution in [0.25, 0.3) is 22.8 Å². The van der Waals surface area contributed by atoms with Crippen LogP contribution in [-0.4, -0.2) is 22.5 Å². The van der Waals surface area contributed by atoms with Crippen molar-refractivity contribution in [3.05, 3.63) is 82.7 Å². The molecule has 0 radical (unpaired) electrons. The Morgan fingerprint density at radius 1 is 1.14 bits per heavy atom. The number of halogens is 1. The fourth-order valence-corrected chi connectivity index (χ4v) is 3.30. The molecule has 0 amide bonds. The molecule has 0 fully saturated rings. The van der Waals surface area contributed by atoms with Gasteiger partial charge in [0.25, 0.3) is 0 Å². The highest BCUT2D eigenvalue weighted by Gasteiger charge is 2.17. The van der Waals surface area contributed by atoms with Gasteiger partial charge in [-0.3, -0.25) is 4.98 Å². The van der Waals surface area contributed by atoms with Gasteiger partial charge in [0.1, 0.15) is 5.82 Å². The second-order valence-electron chi connectivity index (χ2n) is 5.94. The fraction of sp³-hybridized carbons (Fsp3) is 0.0952. The first-order valence-electron chi connectivity index (χ1n) is 8.56. The van der Waals surface area contributed by atoms with Crippen LogP contribution in [-0.2, 0) is 11.2 Å². The van der Waals surface area contributed by atoms with Crippen LogP contribution in [0.5, 0.6) is 0 Å². The van der Waals surface area contributed by atoms with Crippen LogP contribution in [0.15, 0.2) is 70.0 Å². The minimum Gasteiger partial charge on any atom is -0.462 e. The molecule has 1 aromatic carbocycles. The topological polar surface area (TPSA) is 65.2 Å². The predicted molar refractivity (Wildman–Crippen MR) is 103 cm³/mol. The highest BCUT2D eigenvalue weighted by Crippen LogP contribution is 2.31. The van der Waals surface area contributed by atoms with Gasteiger partial charge >= 0.3 is 5.97 Å². The number of carbonyl (C=O) groups is 1. The number of esters is 1. The molecule has 0 bridgehead atoms. The van der Waals surface area contributed by atoms with Crippen LogP contribution >= 0.6 is 11.3 Å². The summed E-state index contributed by atoms with van der Waals surface area (Å²) in [5.74, 6) is 0.260. The van der Waals surface area contributed by atoms with Crippen LogP contribution in [0.4, 0.5) is 4.39 Å². The monoisotopic (exact) mass is 394 g/mol. The van der Waals surface area contributed by atoms with E-state index in [1.54, 1.807) is 41.8 Å². The number of hydrogen-bond donors (Lipinski definition) is 0. The van der Waals surface area contributed by atoms with E-state index in [0.717, 1.165) is 5.56 Å². The Morgan fingerprint density at radius 2 is 2.00 bits per heavy atom. The Kier molecular flexibility index (Phi) is 5.25. The summed E-state index contributed by atoms with van der Waals surface area (Å²) in [4.78, 5) is 20.5. The third-order valence-corrected chi connectivity index (χ3v) is 4.72. The number of benzene rings is 1. The minimum atomic E-state index is -0.438. The number of aromatic nitrogens is 2. The van der Waals surface area contributed by atoms with Gasteiger partial charge in [0.05, 0.1) is 17.9 Å². The molecular formula is C21H15FN2O3S. The maximum atomic E-state index is 13.2. The van der Waals surface area contributed by atoms with Gasteiger partial charge in [-0.2, -0.15) is 11.3 Å². The van der Waals surface area contributed by atoms with Crippen molar-refractivity contribution in [3.8, 4) is 22.8 Å². The molecule has 0 saturated carbocycles. The van der Waals surface area contributed by atoms with Crippen molar-refractivity contribution in [2.24, 2.45) is 0 Å². The predicted octanol–water partition coefficient (Wildman–Crippen LogP) is 5.00. The molecule has 0 saturated heterocycles. The molecule has 3 heterocycles. The van der Waals surface area contributed by atoms with E-state index >= 15 is 0 Å². The Bertz CT molecular complexity index is 1060. The lowest BCUT2D eigenvalue weighted by atomic mass is 10.2. The van der Waals surface area contributed by atoms with Gasteiger partial charge in [-0.1, -0.05) is 0 Å². The standard InChI is InChI=1S/C21H15FN2O3S/c22-17-5-3-14(4-6-17)20-24-18(19(27-20)16-8-11-28-13-16)7-10-26-21(25)15-2-1-9-23-12-15/h1-6,8-9,11-13H,7,10H2. The first kappa shape index (κ1) is 18.1. The maximum absolute atomic E-state index is 13.2. The molecule has 5 nitrogen and oxygen atoms in total. The van der Waals surface area contributed by atoms with Crippen molar-refractivity contribution in [1.29, 1.82) is 0 Å². The average Bonchev–Trinajstić information content (AvgIpc) is 3.39. The van der Waals surface area contributed by atoms with Crippen molar-refractivity contribution in [2.45, 2.75) is 6.42 Å². The Hall–Kier alpha value is -3.32. The molecule has 3 aromatic heterocycles. The molecule has 140 valence electrons. The van der Waals surface area contributed by atoms with Gasteiger partial charge in [-0.05, 0) is 47.8 Å². The summed E-state index contributed by atoms with van der Waals surface area (Å²) in [7, 11) is 0. The molecule has 0 N–H and O–H groups in total. The lowest BCUT2D eigenvalue weighted by Gasteiger charge is -2.03. The number of ether oxygens (including phenoxy) is 1. The number of thiophene rings is 1. The Balaban J connectivity index is 1.53. The molecule has 0 aliphatic heterocycles. The van der Waals surface area contributed by atoms with E-state index in [4.69, 9.17) is 9.15 Å². The highest BCUT2D eigenvalue weighted by molar-refractivity contribution is 7.08. The van der Waals surface area contributed by atoms with E-state index in [1.807, 2.05) is 16.8 Å². The van der Waals surface area contributed by atoms with Crippen molar-refractivity contribution in [3.63, 3.8) is 0 Å². The maximum Gasteiger partial charge on any atom is 0.339 e. The smallest absolute Gasteiger partial charge is 0.339 e. The lowest BCUT2D eigenvalue weighted by molar-refractivity contribution is 0.0508. The molecule has 4 rings (SSSR count). The van der Waals surface area contributed by atoms with Crippen LogP contribution < -0.4 is 0 Å². The summed E-state index contributed by atoms with van der Waals surface area (Å²) in [6.07, 6.45) is 3.44. The van der Waals surface area contributed by atoms with Crippen molar-refractivity contribution < 1.29 is 18.3 Å². The Morgan fingerprint density at radius 3 is 2.71 bits per heavy atom. The van der Waals surface area contributed by atoms with E-state index in [9.17, 15) is 9.18 Å². The van der Waals surface area contributed by atoms with Crippen molar-refractivity contribution in [1.82, 2.24) is 9.97 Å². The average molecular weight is 394 g/mol. The molecule has 0 atom stereocenters. The number of hydrogen-bond acceptors (Lipinski definition) is 6. The molecule has 0 aliphatic rings. The van der Waals surface area contributed by atoms with Crippen molar-refractivity contribution >= 4 is 17.3 Å². The fourth-order valence-electron chi connectivity index (χ4n) is 2.66. The number of nitrogens with zero attached hydrogens (tertiary/aromatic N) is 2. The molecular weight excluding hydrogens is 379 g/mol. The van der Waals surface area contributed by atoms with E-state index in [0.29, 0.717) is 34.9 Å². The molecule has 0 aliphatic carbocycles.